The summed E-state index contributed by atoms with van der Waals surface area (Å²) in [4.78, 5) is 12.1. The molecule has 0 spiro atoms. The molecule has 0 aliphatic rings. The Labute approximate surface area is 123 Å². The van der Waals surface area contributed by atoms with Gasteiger partial charge in [0, 0.05) is 12.1 Å². The standard InChI is InChI=1S/C15H15N3OS/c16-14(20)12-8-4-5-9-13(12)18-15(19)17-10-11-6-2-1-3-7-11/h1-9H,10H2,(H2,16,20)(H2,17,18,19). The number of urea groups is 1. The van der Waals surface area contributed by atoms with Crippen LogP contribution >= 0.6 is 12.2 Å². The molecule has 2 amide bonds. The van der Waals surface area contributed by atoms with E-state index in [0.717, 1.165) is 5.56 Å². The molecule has 0 heterocycles. The second-order valence-electron chi connectivity index (χ2n) is 4.20. The van der Waals surface area contributed by atoms with E-state index in [0.29, 0.717) is 17.8 Å². The maximum atomic E-state index is 11.9. The van der Waals surface area contributed by atoms with Gasteiger partial charge in [-0.3, -0.25) is 0 Å². The molecule has 2 aromatic rings. The molecule has 102 valence electrons. The lowest BCUT2D eigenvalue weighted by molar-refractivity contribution is 0.251. The first-order valence-electron chi connectivity index (χ1n) is 6.14. The second-order valence-corrected chi connectivity index (χ2v) is 4.64. The van der Waals surface area contributed by atoms with Gasteiger partial charge in [-0.1, -0.05) is 54.7 Å². The van der Waals surface area contributed by atoms with E-state index in [1.54, 1.807) is 12.1 Å². The van der Waals surface area contributed by atoms with Crippen LogP contribution in [0.15, 0.2) is 54.6 Å². The Morgan fingerprint density at radius 3 is 2.40 bits per heavy atom. The minimum atomic E-state index is -0.294. The molecule has 0 saturated carbocycles. The number of para-hydroxylation sites is 1. The van der Waals surface area contributed by atoms with Crippen molar-refractivity contribution >= 4 is 28.9 Å². The van der Waals surface area contributed by atoms with E-state index in [1.807, 2.05) is 42.5 Å². The number of nitrogens with one attached hydrogen (secondary N) is 2. The van der Waals surface area contributed by atoms with Crippen molar-refractivity contribution in [2.45, 2.75) is 6.54 Å². The van der Waals surface area contributed by atoms with E-state index >= 15 is 0 Å². The van der Waals surface area contributed by atoms with Gasteiger partial charge in [-0.15, -0.1) is 0 Å². The quantitative estimate of drug-likeness (QED) is 0.757. The first-order valence-corrected chi connectivity index (χ1v) is 6.55. The lowest BCUT2D eigenvalue weighted by atomic mass is 10.2. The van der Waals surface area contributed by atoms with Crippen molar-refractivity contribution in [3.05, 3.63) is 65.7 Å². The predicted molar refractivity (Wildman–Crippen MR) is 84.6 cm³/mol. The Balaban J connectivity index is 1.97. The molecule has 4 nitrogen and oxygen atoms in total. The zero-order chi connectivity index (χ0) is 14.4. The Morgan fingerprint density at radius 2 is 1.70 bits per heavy atom. The number of hydrogen-bond acceptors (Lipinski definition) is 2. The number of carbonyl (C=O) groups is 1. The summed E-state index contributed by atoms with van der Waals surface area (Å²) in [5.74, 6) is 0. The SMILES string of the molecule is NC(=S)c1ccccc1NC(=O)NCc1ccccc1. The van der Waals surface area contributed by atoms with E-state index in [1.165, 1.54) is 0 Å². The predicted octanol–water partition coefficient (Wildman–Crippen LogP) is 2.64. The van der Waals surface area contributed by atoms with Gasteiger partial charge in [0.15, 0.2) is 0 Å². The molecule has 4 N–H and O–H groups in total. The van der Waals surface area contributed by atoms with E-state index in [4.69, 9.17) is 18.0 Å². The van der Waals surface area contributed by atoms with Gasteiger partial charge in [0.1, 0.15) is 4.99 Å². The minimum absolute atomic E-state index is 0.254. The van der Waals surface area contributed by atoms with Gasteiger partial charge in [0.05, 0.1) is 5.69 Å². The summed E-state index contributed by atoms with van der Waals surface area (Å²) in [6.07, 6.45) is 0. The number of amides is 2. The summed E-state index contributed by atoms with van der Waals surface area (Å²) in [5.41, 5.74) is 7.90. The van der Waals surface area contributed by atoms with Gasteiger partial charge >= 0.3 is 6.03 Å². The van der Waals surface area contributed by atoms with E-state index in [-0.39, 0.29) is 11.0 Å². The van der Waals surface area contributed by atoms with Crippen LogP contribution in [-0.2, 0) is 6.54 Å². The van der Waals surface area contributed by atoms with E-state index in [9.17, 15) is 4.79 Å². The van der Waals surface area contributed by atoms with Crippen LogP contribution in [0.2, 0.25) is 0 Å². The Morgan fingerprint density at radius 1 is 1.05 bits per heavy atom. The van der Waals surface area contributed by atoms with Gasteiger partial charge in [0.25, 0.3) is 0 Å². The van der Waals surface area contributed by atoms with Crippen LogP contribution < -0.4 is 16.4 Å². The molecule has 5 heteroatoms. The van der Waals surface area contributed by atoms with Crippen molar-refractivity contribution in [1.82, 2.24) is 5.32 Å². The molecule has 0 atom stereocenters. The second kappa shape index (κ2) is 6.68. The zero-order valence-corrected chi connectivity index (χ0v) is 11.6. The number of thiocarbonyl (C=S) groups is 1. The fourth-order valence-corrected chi connectivity index (χ4v) is 1.93. The summed E-state index contributed by atoms with van der Waals surface area (Å²) >= 11 is 4.95. The highest BCUT2D eigenvalue weighted by molar-refractivity contribution is 7.80. The third kappa shape index (κ3) is 3.80. The van der Waals surface area contributed by atoms with Crippen LogP contribution in [0.25, 0.3) is 0 Å². The summed E-state index contributed by atoms with van der Waals surface area (Å²) in [7, 11) is 0. The fourth-order valence-electron chi connectivity index (χ4n) is 1.75. The molecule has 0 aliphatic heterocycles. The average molecular weight is 285 g/mol. The van der Waals surface area contributed by atoms with Gasteiger partial charge in [-0.25, -0.2) is 4.79 Å². The van der Waals surface area contributed by atoms with Gasteiger partial charge in [-0.05, 0) is 17.7 Å². The smallest absolute Gasteiger partial charge is 0.319 e. The highest BCUT2D eigenvalue weighted by atomic mass is 32.1. The Bertz CT molecular complexity index is 614. The molecule has 2 rings (SSSR count). The first kappa shape index (κ1) is 14.0. The zero-order valence-electron chi connectivity index (χ0n) is 10.8. The van der Waals surface area contributed by atoms with Crippen molar-refractivity contribution in [3.8, 4) is 0 Å². The minimum Gasteiger partial charge on any atom is -0.389 e. The van der Waals surface area contributed by atoms with E-state index < -0.39 is 0 Å². The number of benzene rings is 2. The lowest BCUT2D eigenvalue weighted by Crippen LogP contribution is -2.29. The summed E-state index contributed by atoms with van der Waals surface area (Å²) in [5, 5.41) is 5.52. The highest BCUT2D eigenvalue weighted by Crippen LogP contribution is 2.14. The van der Waals surface area contributed by atoms with Crippen molar-refractivity contribution < 1.29 is 4.79 Å². The summed E-state index contributed by atoms with van der Waals surface area (Å²) < 4.78 is 0. The third-order valence-corrected chi connectivity index (χ3v) is 2.96. The van der Waals surface area contributed by atoms with Crippen LogP contribution in [0.1, 0.15) is 11.1 Å². The van der Waals surface area contributed by atoms with Crippen molar-refractivity contribution in [3.63, 3.8) is 0 Å². The highest BCUT2D eigenvalue weighted by Gasteiger charge is 2.07. The van der Waals surface area contributed by atoms with Crippen molar-refractivity contribution in [1.29, 1.82) is 0 Å². The van der Waals surface area contributed by atoms with Crippen LogP contribution in [0.3, 0.4) is 0 Å². The maximum absolute atomic E-state index is 11.9. The van der Waals surface area contributed by atoms with Crippen LogP contribution in [0, 0.1) is 0 Å². The molecule has 0 aliphatic carbocycles. The molecular weight excluding hydrogens is 270 g/mol. The third-order valence-electron chi connectivity index (χ3n) is 2.74. The summed E-state index contributed by atoms with van der Waals surface area (Å²) in [6, 6.07) is 16.6. The van der Waals surface area contributed by atoms with Crippen LogP contribution in [0.5, 0.6) is 0 Å². The number of rotatable bonds is 4. The van der Waals surface area contributed by atoms with Crippen molar-refractivity contribution in [2.75, 3.05) is 5.32 Å². The van der Waals surface area contributed by atoms with E-state index in [2.05, 4.69) is 10.6 Å². The topological polar surface area (TPSA) is 67.1 Å². The van der Waals surface area contributed by atoms with Crippen LogP contribution in [0.4, 0.5) is 10.5 Å². The fraction of sp³-hybridized carbons (Fsp3) is 0.0667. The molecule has 0 aromatic heterocycles. The number of carbonyl (C=O) groups excluding carboxylic acids is 1. The average Bonchev–Trinajstić information content (AvgIpc) is 2.46. The number of nitrogens with two attached hydrogens (primary N) is 1. The monoisotopic (exact) mass is 285 g/mol. The van der Waals surface area contributed by atoms with Gasteiger partial charge in [-0.2, -0.15) is 0 Å². The summed E-state index contributed by atoms with van der Waals surface area (Å²) in [6.45, 7) is 0.460. The molecular formula is C15H15N3OS. The Kier molecular flexibility index (Phi) is 4.68. The molecule has 0 fully saturated rings. The van der Waals surface area contributed by atoms with Crippen LogP contribution in [-0.4, -0.2) is 11.0 Å². The molecule has 20 heavy (non-hydrogen) atoms. The maximum Gasteiger partial charge on any atom is 0.319 e. The molecule has 0 bridgehead atoms. The normalized spacial score (nSPS) is 9.80. The van der Waals surface area contributed by atoms with Crippen molar-refractivity contribution in [2.24, 2.45) is 5.73 Å². The largest absolute Gasteiger partial charge is 0.389 e. The number of hydrogen-bond donors (Lipinski definition) is 3. The molecule has 0 saturated heterocycles. The molecule has 0 radical (unpaired) electrons. The van der Waals surface area contributed by atoms with Gasteiger partial charge in [0.2, 0.25) is 0 Å². The molecule has 2 aromatic carbocycles. The van der Waals surface area contributed by atoms with Gasteiger partial charge < -0.3 is 16.4 Å². The first-order chi connectivity index (χ1) is 9.66. The lowest BCUT2D eigenvalue weighted by Gasteiger charge is -2.11. The Hall–Kier alpha value is -2.40. The number of anilines is 1. The molecule has 0 unspecified atom stereocenters.